The lowest BCUT2D eigenvalue weighted by molar-refractivity contribution is 0.159. The second-order valence-electron chi connectivity index (χ2n) is 8.65. The van der Waals surface area contributed by atoms with Crippen LogP contribution in [0.5, 0.6) is 0 Å². The average molecular weight is 477 g/mol. The average Bonchev–Trinajstić information content (AvgIpc) is 3.36. The highest BCUT2D eigenvalue weighted by molar-refractivity contribution is 6.11. The van der Waals surface area contributed by atoms with Crippen LogP contribution >= 0.6 is 0 Å². The van der Waals surface area contributed by atoms with Crippen LogP contribution in [0.4, 0.5) is 8.78 Å². The first-order chi connectivity index (χ1) is 17.1. The maximum absolute atomic E-state index is 13.8. The number of rotatable bonds is 7. The van der Waals surface area contributed by atoms with Gasteiger partial charge in [0.1, 0.15) is 18.6 Å². The third-order valence-corrected chi connectivity index (χ3v) is 6.32. The summed E-state index contributed by atoms with van der Waals surface area (Å²) >= 11 is 0. The molecule has 180 valence electrons. The summed E-state index contributed by atoms with van der Waals surface area (Å²) in [5.74, 6) is -1.32. The third kappa shape index (κ3) is 5.19. The predicted molar refractivity (Wildman–Crippen MR) is 128 cm³/mol. The molecule has 1 fully saturated rings. The summed E-state index contributed by atoms with van der Waals surface area (Å²) in [6.45, 7) is 4.96. The van der Waals surface area contributed by atoms with Gasteiger partial charge < -0.3 is 4.84 Å². The first-order valence-electron chi connectivity index (χ1n) is 11.7. The van der Waals surface area contributed by atoms with E-state index in [9.17, 15) is 8.78 Å². The predicted octanol–water partition coefficient (Wildman–Crippen LogP) is 4.57. The van der Waals surface area contributed by atoms with E-state index in [0.717, 1.165) is 55.8 Å². The number of likely N-dealkylation sites (tertiary alicyclic amines) is 1. The van der Waals surface area contributed by atoms with Crippen LogP contribution in [-0.2, 0) is 11.4 Å². The Hall–Kier alpha value is -3.72. The van der Waals surface area contributed by atoms with Crippen LogP contribution in [0.2, 0.25) is 0 Å². The normalized spacial score (nSPS) is 15.6. The summed E-state index contributed by atoms with van der Waals surface area (Å²) in [5.41, 5.74) is 4.57. The number of hydrogen-bond donors (Lipinski definition) is 0. The molecule has 0 bridgehead atoms. The van der Waals surface area contributed by atoms with Crippen molar-refractivity contribution >= 4 is 11.4 Å². The highest BCUT2D eigenvalue weighted by Gasteiger charge is 2.21. The van der Waals surface area contributed by atoms with E-state index in [0.29, 0.717) is 29.5 Å². The number of benzene rings is 1. The number of fused-ring (bicyclic) bond motifs is 1. The number of halogens is 2. The van der Waals surface area contributed by atoms with Gasteiger partial charge in [0, 0.05) is 24.5 Å². The van der Waals surface area contributed by atoms with Crippen LogP contribution in [0.1, 0.15) is 48.1 Å². The van der Waals surface area contributed by atoms with Crippen molar-refractivity contribution in [1.82, 2.24) is 24.5 Å². The summed E-state index contributed by atoms with van der Waals surface area (Å²) < 4.78 is 29.1. The Bertz CT molecular complexity index is 1330. The van der Waals surface area contributed by atoms with Crippen molar-refractivity contribution in [3.63, 3.8) is 0 Å². The molecule has 0 N–H and O–H groups in total. The number of hydrogen-bond acceptors (Lipinski definition) is 6. The van der Waals surface area contributed by atoms with Crippen molar-refractivity contribution in [2.75, 3.05) is 19.7 Å². The van der Waals surface area contributed by atoms with Gasteiger partial charge in [0.2, 0.25) is 0 Å². The quantitative estimate of drug-likeness (QED) is 0.289. The topological polar surface area (TPSA) is 67.9 Å². The Morgan fingerprint density at radius 1 is 1.09 bits per heavy atom. The minimum absolute atomic E-state index is 0.355. The molecule has 0 unspecified atom stereocenters. The second-order valence-corrected chi connectivity index (χ2v) is 8.65. The Labute approximate surface area is 202 Å². The lowest BCUT2D eigenvalue weighted by Crippen LogP contribution is -2.32. The standard InChI is InChI=1S/C26H26F2N6O/c1-2-35-32-26(20-4-6-22(27)23(28)13-20)24-7-3-18(14-29-24)15-33-11-9-19(10-12-33)21-5-8-25-31-30-17-34(25)16-21/h3-8,13-14,16-17,19H,2,9-12,15H2,1H3/b32-26+. The molecule has 9 heteroatoms. The van der Waals surface area contributed by atoms with Gasteiger partial charge in [0.25, 0.3) is 0 Å². The number of pyridine rings is 2. The first kappa shape index (κ1) is 23.0. The van der Waals surface area contributed by atoms with Crippen molar-refractivity contribution in [2.24, 2.45) is 5.16 Å². The van der Waals surface area contributed by atoms with Gasteiger partial charge >= 0.3 is 0 Å². The molecular weight excluding hydrogens is 450 g/mol. The van der Waals surface area contributed by atoms with Crippen molar-refractivity contribution in [3.05, 3.63) is 95.2 Å². The zero-order valence-electron chi connectivity index (χ0n) is 19.4. The van der Waals surface area contributed by atoms with Gasteiger partial charge in [-0.2, -0.15) is 0 Å². The molecule has 35 heavy (non-hydrogen) atoms. The molecule has 0 radical (unpaired) electrons. The van der Waals surface area contributed by atoms with Crippen molar-refractivity contribution in [2.45, 2.75) is 32.2 Å². The highest BCUT2D eigenvalue weighted by Crippen LogP contribution is 2.28. The van der Waals surface area contributed by atoms with Crippen LogP contribution in [0, 0.1) is 11.6 Å². The minimum atomic E-state index is -0.937. The molecule has 0 amide bonds. The summed E-state index contributed by atoms with van der Waals surface area (Å²) in [6.07, 6.45) is 7.85. The van der Waals surface area contributed by atoms with Crippen LogP contribution in [-0.4, -0.2) is 49.9 Å². The monoisotopic (exact) mass is 476 g/mol. The third-order valence-electron chi connectivity index (χ3n) is 6.32. The lowest BCUT2D eigenvalue weighted by atomic mass is 9.90. The highest BCUT2D eigenvalue weighted by atomic mass is 19.2. The number of aromatic nitrogens is 4. The van der Waals surface area contributed by atoms with Crippen LogP contribution in [0.3, 0.4) is 0 Å². The number of piperidine rings is 1. The maximum Gasteiger partial charge on any atom is 0.160 e. The second kappa shape index (κ2) is 10.3. The van der Waals surface area contributed by atoms with Crippen LogP contribution in [0.25, 0.3) is 5.65 Å². The Balaban J connectivity index is 1.23. The Morgan fingerprint density at radius 2 is 1.94 bits per heavy atom. The van der Waals surface area contributed by atoms with Crippen molar-refractivity contribution in [3.8, 4) is 0 Å². The van der Waals surface area contributed by atoms with E-state index in [1.54, 1.807) is 13.3 Å². The summed E-state index contributed by atoms with van der Waals surface area (Å²) in [7, 11) is 0. The molecule has 1 aromatic carbocycles. The van der Waals surface area contributed by atoms with Gasteiger partial charge in [-0.05, 0) is 80.2 Å². The molecule has 0 spiro atoms. The molecule has 1 aliphatic heterocycles. The zero-order chi connectivity index (χ0) is 24.2. The van der Waals surface area contributed by atoms with E-state index in [1.807, 2.05) is 28.8 Å². The summed E-state index contributed by atoms with van der Waals surface area (Å²) in [5, 5.41) is 12.1. The van der Waals surface area contributed by atoms with Gasteiger partial charge in [-0.3, -0.25) is 14.3 Å². The molecule has 3 aromatic heterocycles. The van der Waals surface area contributed by atoms with Gasteiger partial charge in [-0.25, -0.2) is 8.78 Å². The minimum Gasteiger partial charge on any atom is -0.396 e. The van der Waals surface area contributed by atoms with Gasteiger partial charge in [0.15, 0.2) is 17.3 Å². The Kier molecular flexibility index (Phi) is 6.76. The van der Waals surface area contributed by atoms with E-state index in [4.69, 9.17) is 4.84 Å². The van der Waals surface area contributed by atoms with Crippen molar-refractivity contribution in [1.29, 1.82) is 0 Å². The Morgan fingerprint density at radius 3 is 2.69 bits per heavy atom. The van der Waals surface area contributed by atoms with E-state index in [1.165, 1.54) is 11.6 Å². The fourth-order valence-electron chi connectivity index (χ4n) is 4.45. The molecule has 0 aliphatic carbocycles. The lowest BCUT2D eigenvalue weighted by Gasteiger charge is -2.32. The molecule has 4 aromatic rings. The van der Waals surface area contributed by atoms with Gasteiger partial charge in [-0.15, -0.1) is 10.2 Å². The number of nitrogens with zero attached hydrogens (tertiary/aromatic N) is 6. The molecule has 4 heterocycles. The summed E-state index contributed by atoms with van der Waals surface area (Å²) in [6, 6.07) is 11.7. The first-order valence-corrected chi connectivity index (χ1v) is 11.7. The van der Waals surface area contributed by atoms with E-state index in [-0.39, 0.29) is 0 Å². The molecule has 0 saturated carbocycles. The van der Waals surface area contributed by atoms with Gasteiger partial charge in [-0.1, -0.05) is 17.3 Å². The molecule has 1 saturated heterocycles. The van der Waals surface area contributed by atoms with E-state index in [2.05, 4.69) is 37.5 Å². The SMILES string of the molecule is CCO/N=C(\c1ccc(F)c(F)c1)c1ccc(CN2CCC(c3ccc4nncn4c3)CC2)cn1. The van der Waals surface area contributed by atoms with Crippen LogP contribution < -0.4 is 0 Å². The fourth-order valence-corrected chi connectivity index (χ4v) is 4.45. The smallest absolute Gasteiger partial charge is 0.160 e. The molecule has 0 atom stereocenters. The largest absolute Gasteiger partial charge is 0.396 e. The zero-order valence-corrected chi connectivity index (χ0v) is 19.4. The molecule has 5 rings (SSSR count). The van der Waals surface area contributed by atoms with E-state index >= 15 is 0 Å². The van der Waals surface area contributed by atoms with Crippen LogP contribution in [0.15, 0.2) is 66.3 Å². The van der Waals surface area contributed by atoms with Gasteiger partial charge in [0.05, 0.1) is 5.69 Å². The summed E-state index contributed by atoms with van der Waals surface area (Å²) in [4.78, 5) is 12.2. The molecule has 7 nitrogen and oxygen atoms in total. The molecular formula is C26H26F2N6O. The number of oxime groups is 1. The fraction of sp³-hybridized carbons (Fsp3) is 0.308. The maximum atomic E-state index is 13.8. The van der Waals surface area contributed by atoms with E-state index < -0.39 is 11.6 Å². The molecule has 1 aliphatic rings. The van der Waals surface area contributed by atoms with Crippen molar-refractivity contribution < 1.29 is 13.6 Å².